The number of aromatic nitrogens is 2. The van der Waals surface area contributed by atoms with Crippen LogP contribution in [0, 0.1) is 5.92 Å². The predicted molar refractivity (Wildman–Crippen MR) is 71.1 cm³/mol. The highest BCUT2D eigenvalue weighted by molar-refractivity contribution is 5.98. The molecule has 3 N–H and O–H groups in total. The Morgan fingerprint density at radius 3 is 2.72 bits per heavy atom. The maximum atomic E-state index is 12.5. The van der Waals surface area contributed by atoms with E-state index in [2.05, 4.69) is 24.0 Å². The van der Waals surface area contributed by atoms with Crippen molar-refractivity contribution in [2.45, 2.75) is 45.6 Å². The summed E-state index contributed by atoms with van der Waals surface area (Å²) in [5.74, 6) is 0.844. The largest absolute Gasteiger partial charge is 0.383 e. The zero-order valence-electron chi connectivity index (χ0n) is 11.1. The molecule has 5 nitrogen and oxygen atoms in total. The van der Waals surface area contributed by atoms with E-state index in [9.17, 15) is 4.79 Å². The molecule has 0 unspecified atom stereocenters. The van der Waals surface area contributed by atoms with Gasteiger partial charge in [0.05, 0.1) is 6.20 Å². The van der Waals surface area contributed by atoms with E-state index < -0.39 is 0 Å². The molecule has 18 heavy (non-hydrogen) atoms. The van der Waals surface area contributed by atoms with Gasteiger partial charge in [0.2, 0.25) is 0 Å². The third-order valence-electron chi connectivity index (χ3n) is 3.49. The molecule has 1 amide bonds. The molecule has 1 aromatic heterocycles. The SMILES string of the molecule is CC(C)CN(C(=O)c1cn[nH]c1N)C1CCCC1. The molecule has 0 spiro atoms. The van der Waals surface area contributed by atoms with E-state index in [4.69, 9.17) is 5.73 Å². The summed E-state index contributed by atoms with van der Waals surface area (Å²) in [5.41, 5.74) is 6.25. The number of nitrogen functional groups attached to an aromatic ring is 1. The average molecular weight is 250 g/mol. The molecule has 2 rings (SSSR count). The fraction of sp³-hybridized carbons (Fsp3) is 0.692. The molecule has 0 saturated heterocycles. The van der Waals surface area contributed by atoms with Crippen molar-refractivity contribution in [3.63, 3.8) is 0 Å². The molecule has 1 heterocycles. The minimum absolute atomic E-state index is 0.0156. The van der Waals surface area contributed by atoms with Gasteiger partial charge in [-0.2, -0.15) is 5.10 Å². The summed E-state index contributed by atoms with van der Waals surface area (Å²) >= 11 is 0. The number of aromatic amines is 1. The summed E-state index contributed by atoms with van der Waals surface area (Å²) in [7, 11) is 0. The van der Waals surface area contributed by atoms with Crippen molar-refractivity contribution in [2.75, 3.05) is 12.3 Å². The third-order valence-corrected chi connectivity index (χ3v) is 3.49. The van der Waals surface area contributed by atoms with Gasteiger partial charge in [0.25, 0.3) is 5.91 Å². The number of H-pyrrole nitrogens is 1. The Bertz CT molecular complexity index is 407. The van der Waals surface area contributed by atoms with Crippen molar-refractivity contribution in [3.8, 4) is 0 Å². The molecule has 0 radical (unpaired) electrons. The zero-order valence-corrected chi connectivity index (χ0v) is 11.1. The van der Waals surface area contributed by atoms with E-state index in [1.807, 2.05) is 4.90 Å². The number of hydrogen-bond donors (Lipinski definition) is 2. The van der Waals surface area contributed by atoms with Crippen LogP contribution in [-0.4, -0.2) is 33.6 Å². The van der Waals surface area contributed by atoms with Gasteiger partial charge in [-0.3, -0.25) is 9.89 Å². The van der Waals surface area contributed by atoms with Gasteiger partial charge >= 0.3 is 0 Å². The van der Waals surface area contributed by atoms with Gasteiger partial charge in [0.1, 0.15) is 11.4 Å². The summed E-state index contributed by atoms with van der Waals surface area (Å²) in [5, 5.41) is 6.46. The van der Waals surface area contributed by atoms with Crippen molar-refractivity contribution in [3.05, 3.63) is 11.8 Å². The van der Waals surface area contributed by atoms with Crippen LogP contribution < -0.4 is 5.73 Å². The van der Waals surface area contributed by atoms with Crippen molar-refractivity contribution < 1.29 is 4.79 Å². The minimum Gasteiger partial charge on any atom is -0.383 e. The van der Waals surface area contributed by atoms with Crippen LogP contribution in [0.5, 0.6) is 0 Å². The molecule has 0 bridgehead atoms. The molecule has 1 aliphatic carbocycles. The van der Waals surface area contributed by atoms with Crippen molar-refractivity contribution in [1.29, 1.82) is 0 Å². The highest BCUT2D eigenvalue weighted by Crippen LogP contribution is 2.26. The van der Waals surface area contributed by atoms with E-state index in [0.717, 1.165) is 19.4 Å². The van der Waals surface area contributed by atoms with Gasteiger partial charge in [-0.1, -0.05) is 26.7 Å². The van der Waals surface area contributed by atoms with E-state index in [1.165, 1.54) is 19.0 Å². The number of carbonyl (C=O) groups is 1. The Kier molecular flexibility index (Phi) is 3.89. The number of nitrogens with two attached hydrogens (primary N) is 1. The van der Waals surface area contributed by atoms with Crippen LogP contribution in [-0.2, 0) is 0 Å². The Morgan fingerprint density at radius 2 is 2.22 bits per heavy atom. The highest BCUT2D eigenvalue weighted by Gasteiger charge is 2.29. The lowest BCUT2D eigenvalue weighted by Crippen LogP contribution is -2.41. The summed E-state index contributed by atoms with van der Waals surface area (Å²) in [6.07, 6.45) is 6.17. The van der Waals surface area contributed by atoms with Crippen LogP contribution in [0.1, 0.15) is 49.9 Å². The first-order valence-electron chi connectivity index (χ1n) is 6.69. The lowest BCUT2D eigenvalue weighted by molar-refractivity contribution is 0.0656. The number of carbonyl (C=O) groups excluding carboxylic acids is 1. The first kappa shape index (κ1) is 12.9. The molecular formula is C13H22N4O. The molecule has 1 fully saturated rings. The minimum atomic E-state index is 0.0156. The highest BCUT2D eigenvalue weighted by atomic mass is 16.2. The number of anilines is 1. The number of hydrogen-bond acceptors (Lipinski definition) is 3. The van der Waals surface area contributed by atoms with Gasteiger partial charge in [-0.15, -0.1) is 0 Å². The Labute approximate surface area is 108 Å². The lowest BCUT2D eigenvalue weighted by atomic mass is 10.1. The predicted octanol–water partition coefficient (Wildman–Crippen LogP) is 2.03. The fourth-order valence-electron chi connectivity index (χ4n) is 2.63. The topological polar surface area (TPSA) is 75.0 Å². The van der Waals surface area contributed by atoms with Gasteiger partial charge in [-0.25, -0.2) is 0 Å². The van der Waals surface area contributed by atoms with Gasteiger partial charge in [0.15, 0.2) is 0 Å². The summed E-state index contributed by atoms with van der Waals surface area (Å²) in [6, 6.07) is 0.370. The number of nitrogens with one attached hydrogen (secondary N) is 1. The van der Waals surface area contributed by atoms with Crippen molar-refractivity contribution in [2.24, 2.45) is 5.92 Å². The van der Waals surface area contributed by atoms with Gasteiger partial charge in [0, 0.05) is 12.6 Å². The molecule has 1 aliphatic rings. The monoisotopic (exact) mass is 250 g/mol. The van der Waals surface area contributed by atoms with Crippen LogP contribution in [0.4, 0.5) is 5.82 Å². The van der Waals surface area contributed by atoms with Crippen molar-refractivity contribution >= 4 is 11.7 Å². The van der Waals surface area contributed by atoms with Crippen LogP contribution in [0.25, 0.3) is 0 Å². The second-order valence-electron chi connectivity index (χ2n) is 5.49. The van der Waals surface area contributed by atoms with Crippen LogP contribution in [0.3, 0.4) is 0 Å². The Hall–Kier alpha value is -1.52. The van der Waals surface area contributed by atoms with E-state index >= 15 is 0 Å². The zero-order chi connectivity index (χ0) is 13.1. The summed E-state index contributed by atoms with van der Waals surface area (Å²) in [4.78, 5) is 14.5. The molecular weight excluding hydrogens is 228 g/mol. The molecule has 0 atom stereocenters. The maximum absolute atomic E-state index is 12.5. The maximum Gasteiger partial charge on any atom is 0.259 e. The molecule has 0 aliphatic heterocycles. The van der Waals surface area contributed by atoms with Gasteiger partial charge < -0.3 is 10.6 Å². The molecule has 1 saturated carbocycles. The Morgan fingerprint density at radius 1 is 1.56 bits per heavy atom. The molecule has 5 heteroatoms. The standard InChI is InChI=1S/C13H22N4O/c1-9(2)8-17(10-5-3-4-6-10)13(18)11-7-15-16-12(11)14/h7,9-10H,3-6,8H2,1-2H3,(H3,14,15,16). The van der Waals surface area contributed by atoms with Crippen LogP contribution in [0.2, 0.25) is 0 Å². The average Bonchev–Trinajstić information content (AvgIpc) is 2.95. The number of rotatable bonds is 4. The Balaban J connectivity index is 2.17. The number of nitrogens with zero attached hydrogens (tertiary/aromatic N) is 2. The summed E-state index contributed by atoms with van der Waals surface area (Å²) < 4.78 is 0. The first-order valence-corrected chi connectivity index (χ1v) is 6.69. The van der Waals surface area contributed by atoms with Crippen molar-refractivity contribution in [1.82, 2.24) is 15.1 Å². The molecule has 100 valence electrons. The molecule has 1 aromatic rings. The first-order chi connectivity index (χ1) is 8.59. The lowest BCUT2D eigenvalue weighted by Gasteiger charge is -2.30. The quantitative estimate of drug-likeness (QED) is 0.858. The second-order valence-corrected chi connectivity index (χ2v) is 5.49. The third kappa shape index (κ3) is 2.66. The molecule has 0 aromatic carbocycles. The summed E-state index contributed by atoms with van der Waals surface area (Å²) in [6.45, 7) is 5.05. The van der Waals surface area contributed by atoms with Gasteiger partial charge in [-0.05, 0) is 18.8 Å². The van der Waals surface area contributed by atoms with Crippen LogP contribution >= 0.6 is 0 Å². The van der Waals surface area contributed by atoms with Crippen LogP contribution in [0.15, 0.2) is 6.20 Å². The second kappa shape index (κ2) is 5.42. The van der Waals surface area contributed by atoms with E-state index in [0.29, 0.717) is 23.3 Å². The van der Waals surface area contributed by atoms with E-state index in [1.54, 1.807) is 0 Å². The fourth-order valence-corrected chi connectivity index (χ4v) is 2.63. The number of amides is 1. The van der Waals surface area contributed by atoms with E-state index in [-0.39, 0.29) is 5.91 Å². The smallest absolute Gasteiger partial charge is 0.259 e. The normalized spacial score (nSPS) is 16.4.